The Balaban J connectivity index is 0.00000312. The summed E-state index contributed by atoms with van der Waals surface area (Å²) in [4.78, 5) is 4.37. The number of aromatic nitrogens is 2. The number of H-pyrrole nitrogens is 1. The third-order valence-electron chi connectivity index (χ3n) is 3.00. The van der Waals surface area contributed by atoms with Crippen molar-refractivity contribution in [3.05, 3.63) is 46.7 Å². The largest absolute Gasteiger partial charge is 0.434 e. The zero-order valence-corrected chi connectivity index (χ0v) is 16.5. The lowest BCUT2D eigenvalue weighted by Crippen LogP contribution is -2.36. The quantitative estimate of drug-likeness (QED) is 0.319. The molecule has 0 aliphatic carbocycles. The van der Waals surface area contributed by atoms with Crippen LogP contribution in [0.1, 0.15) is 18.2 Å². The number of benzene rings is 1. The zero-order valence-electron chi connectivity index (χ0n) is 13.4. The van der Waals surface area contributed by atoms with Crippen LogP contribution in [0.15, 0.2) is 35.5 Å². The number of nitrogens with one attached hydrogen (secondary N) is 3. The second kappa shape index (κ2) is 11.1. The zero-order chi connectivity index (χ0) is 17.4. The summed E-state index contributed by atoms with van der Waals surface area (Å²) >= 11 is 5.92. The van der Waals surface area contributed by atoms with E-state index in [0.717, 1.165) is 5.69 Å². The number of nitrogens with zero attached hydrogens (tertiary/aromatic N) is 2. The third-order valence-corrected chi connectivity index (χ3v) is 3.23. The molecule has 0 amide bonds. The number of halogens is 4. The molecule has 0 radical (unpaired) electrons. The highest BCUT2D eigenvalue weighted by molar-refractivity contribution is 14.0. The lowest BCUT2D eigenvalue weighted by atomic mass is 10.2. The molecule has 10 heteroatoms. The molecule has 2 aromatic rings. The third kappa shape index (κ3) is 7.43. The number of aromatic amines is 1. The fourth-order valence-electron chi connectivity index (χ4n) is 1.95. The smallest absolute Gasteiger partial charge is 0.387 e. The Kier molecular flexibility index (Phi) is 9.50. The molecule has 6 nitrogen and oxygen atoms in total. The summed E-state index contributed by atoms with van der Waals surface area (Å²) in [7, 11) is 0. The molecule has 138 valence electrons. The molecule has 3 N–H and O–H groups in total. The first-order chi connectivity index (χ1) is 11.6. The summed E-state index contributed by atoms with van der Waals surface area (Å²) in [5.41, 5.74) is 1.37. The Morgan fingerprint density at radius 2 is 2.16 bits per heavy atom. The van der Waals surface area contributed by atoms with Crippen molar-refractivity contribution in [1.29, 1.82) is 0 Å². The first-order valence-corrected chi connectivity index (χ1v) is 7.70. The van der Waals surface area contributed by atoms with Crippen LogP contribution in [0.2, 0.25) is 5.02 Å². The summed E-state index contributed by atoms with van der Waals surface area (Å²) in [6.45, 7) is 0.326. The van der Waals surface area contributed by atoms with Crippen LogP contribution in [0, 0.1) is 0 Å². The standard InChI is InChI=1S/C15H18ClF2N5O.HI/c1-2-19-15(21-9-12-5-6-22-23-12)20-8-10-7-11(16)3-4-13(10)24-14(17)18;/h3-7,14H,2,8-9H2,1H3,(H,22,23)(H2,19,20,21);1H. The minimum Gasteiger partial charge on any atom is -0.434 e. The van der Waals surface area contributed by atoms with Crippen molar-refractivity contribution in [2.45, 2.75) is 26.6 Å². The lowest BCUT2D eigenvalue weighted by Gasteiger charge is -2.12. The second-order valence-corrected chi connectivity index (χ2v) is 5.20. The Hall–Kier alpha value is -1.62. The van der Waals surface area contributed by atoms with E-state index < -0.39 is 6.61 Å². The van der Waals surface area contributed by atoms with Gasteiger partial charge >= 0.3 is 6.61 Å². The molecular formula is C15H19ClF2IN5O. The average molecular weight is 486 g/mol. The van der Waals surface area contributed by atoms with Gasteiger partial charge in [0.15, 0.2) is 5.96 Å². The van der Waals surface area contributed by atoms with Crippen LogP contribution >= 0.6 is 35.6 Å². The summed E-state index contributed by atoms with van der Waals surface area (Å²) in [6.07, 6.45) is 1.65. The first-order valence-electron chi connectivity index (χ1n) is 7.32. The van der Waals surface area contributed by atoms with Gasteiger partial charge in [0.05, 0.1) is 18.8 Å². The van der Waals surface area contributed by atoms with Crippen LogP contribution in [0.4, 0.5) is 8.78 Å². The van der Waals surface area contributed by atoms with E-state index >= 15 is 0 Å². The molecule has 2 rings (SSSR count). The highest BCUT2D eigenvalue weighted by Crippen LogP contribution is 2.25. The average Bonchev–Trinajstić information content (AvgIpc) is 3.05. The van der Waals surface area contributed by atoms with Crippen molar-refractivity contribution >= 4 is 41.5 Å². The molecule has 25 heavy (non-hydrogen) atoms. The van der Waals surface area contributed by atoms with Gasteiger partial charge in [-0.25, -0.2) is 4.99 Å². The van der Waals surface area contributed by atoms with Gasteiger partial charge in [-0.2, -0.15) is 13.9 Å². The van der Waals surface area contributed by atoms with Gasteiger partial charge in [0.1, 0.15) is 5.75 Å². The molecule has 0 unspecified atom stereocenters. The predicted molar refractivity (Wildman–Crippen MR) is 104 cm³/mol. The molecule has 0 saturated heterocycles. The van der Waals surface area contributed by atoms with Crippen LogP contribution < -0.4 is 15.4 Å². The lowest BCUT2D eigenvalue weighted by molar-refractivity contribution is -0.0504. The summed E-state index contributed by atoms with van der Waals surface area (Å²) in [5, 5.41) is 13.3. The fraction of sp³-hybridized carbons (Fsp3) is 0.333. The topological polar surface area (TPSA) is 74.3 Å². The maximum absolute atomic E-state index is 12.5. The van der Waals surface area contributed by atoms with Crippen molar-refractivity contribution in [2.24, 2.45) is 4.99 Å². The van der Waals surface area contributed by atoms with Crippen molar-refractivity contribution in [1.82, 2.24) is 20.8 Å². The number of aliphatic imine (C=N–C) groups is 1. The van der Waals surface area contributed by atoms with E-state index in [9.17, 15) is 8.78 Å². The molecule has 1 aromatic heterocycles. The number of hydrogen-bond donors (Lipinski definition) is 3. The number of alkyl halides is 2. The fourth-order valence-corrected chi connectivity index (χ4v) is 2.15. The molecule has 0 aliphatic heterocycles. The summed E-state index contributed by atoms with van der Waals surface area (Å²) in [5.74, 6) is 0.595. The van der Waals surface area contributed by atoms with Crippen molar-refractivity contribution < 1.29 is 13.5 Å². The number of ether oxygens (including phenoxy) is 1. The van der Waals surface area contributed by atoms with Crippen molar-refractivity contribution in [3.63, 3.8) is 0 Å². The molecule has 1 aromatic carbocycles. The van der Waals surface area contributed by atoms with Crippen LogP contribution in [-0.4, -0.2) is 29.3 Å². The van der Waals surface area contributed by atoms with Crippen LogP contribution in [0.5, 0.6) is 5.75 Å². The molecule has 0 atom stereocenters. The highest BCUT2D eigenvalue weighted by Gasteiger charge is 2.10. The molecular weight excluding hydrogens is 467 g/mol. The minimum absolute atomic E-state index is 0. The van der Waals surface area contributed by atoms with E-state index in [0.29, 0.717) is 29.6 Å². The molecule has 0 saturated carbocycles. The van der Waals surface area contributed by atoms with Gasteiger partial charge in [-0.1, -0.05) is 11.6 Å². The number of guanidine groups is 1. The van der Waals surface area contributed by atoms with Gasteiger partial charge in [-0.3, -0.25) is 5.10 Å². The van der Waals surface area contributed by atoms with E-state index in [1.807, 2.05) is 13.0 Å². The van der Waals surface area contributed by atoms with Gasteiger partial charge in [-0.05, 0) is 31.2 Å². The highest BCUT2D eigenvalue weighted by atomic mass is 127. The second-order valence-electron chi connectivity index (χ2n) is 4.76. The van der Waals surface area contributed by atoms with E-state index in [2.05, 4.69) is 30.6 Å². The van der Waals surface area contributed by atoms with Crippen molar-refractivity contribution in [3.8, 4) is 5.75 Å². The molecule has 0 aliphatic rings. The number of rotatable bonds is 7. The van der Waals surface area contributed by atoms with E-state index in [1.54, 1.807) is 12.3 Å². The minimum atomic E-state index is -2.90. The van der Waals surface area contributed by atoms with E-state index in [1.165, 1.54) is 12.1 Å². The normalized spacial score (nSPS) is 11.2. The van der Waals surface area contributed by atoms with E-state index in [-0.39, 0.29) is 36.3 Å². The SMILES string of the molecule is CCNC(=NCc1cc(Cl)ccc1OC(F)F)NCc1ccn[nH]1.I. The Labute approximate surface area is 166 Å². The Morgan fingerprint density at radius 3 is 2.80 bits per heavy atom. The van der Waals surface area contributed by atoms with Gasteiger partial charge in [0, 0.05) is 23.3 Å². The Bertz CT molecular complexity index is 670. The van der Waals surface area contributed by atoms with Crippen LogP contribution in [-0.2, 0) is 13.1 Å². The monoisotopic (exact) mass is 485 g/mol. The van der Waals surface area contributed by atoms with E-state index in [4.69, 9.17) is 11.6 Å². The summed E-state index contributed by atoms with van der Waals surface area (Å²) < 4.78 is 29.4. The Morgan fingerprint density at radius 1 is 1.36 bits per heavy atom. The van der Waals surface area contributed by atoms with Gasteiger partial charge in [0.2, 0.25) is 0 Å². The van der Waals surface area contributed by atoms with Crippen LogP contribution in [0.3, 0.4) is 0 Å². The molecule has 1 heterocycles. The van der Waals surface area contributed by atoms with Gasteiger partial charge in [0.25, 0.3) is 0 Å². The maximum atomic E-state index is 12.5. The molecule has 0 spiro atoms. The first kappa shape index (κ1) is 21.4. The van der Waals surface area contributed by atoms with Gasteiger partial charge < -0.3 is 15.4 Å². The van der Waals surface area contributed by atoms with Gasteiger partial charge in [-0.15, -0.1) is 24.0 Å². The maximum Gasteiger partial charge on any atom is 0.387 e. The predicted octanol–water partition coefficient (Wildman–Crippen LogP) is 3.54. The van der Waals surface area contributed by atoms with Crippen molar-refractivity contribution in [2.75, 3.05) is 6.54 Å². The molecule has 0 fully saturated rings. The number of hydrogen-bond acceptors (Lipinski definition) is 3. The summed E-state index contributed by atoms with van der Waals surface area (Å²) in [6, 6.07) is 6.29. The molecule has 0 bridgehead atoms. The van der Waals surface area contributed by atoms with Crippen LogP contribution in [0.25, 0.3) is 0 Å².